The smallest absolute Gasteiger partial charge is 0.297 e. The lowest BCUT2D eigenvalue weighted by Gasteiger charge is -2.35. The van der Waals surface area contributed by atoms with Crippen LogP contribution in [0.5, 0.6) is 0 Å². The summed E-state index contributed by atoms with van der Waals surface area (Å²) in [6.45, 7) is 16.8. The van der Waals surface area contributed by atoms with Gasteiger partial charge in [0.05, 0.1) is 11.8 Å². The van der Waals surface area contributed by atoms with Gasteiger partial charge in [-0.1, -0.05) is 32.6 Å². The highest BCUT2D eigenvalue weighted by molar-refractivity contribution is 5.15. The summed E-state index contributed by atoms with van der Waals surface area (Å²) in [6.07, 6.45) is 7.70. The minimum Gasteiger partial charge on any atom is -0.297 e. The molecule has 7 unspecified atom stereocenters. The summed E-state index contributed by atoms with van der Waals surface area (Å²) in [5.41, 5.74) is 0. The molecule has 0 amide bonds. The Morgan fingerprint density at radius 2 is 1.61 bits per heavy atom. The van der Waals surface area contributed by atoms with E-state index in [0.29, 0.717) is 24.2 Å². The Balaban J connectivity index is 2.20. The number of nitriles is 2. The van der Waals surface area contributed by atoms with Crippen molar-refractivity contribution in [1.29, 1.82) is 10.5 Å². The molecule has 0 aliphatic heterocycles. The molecule has 4 heteroatoms. The van der Waals surface area contributed by atoms with Crippen molar-refractivity contribution in [2.45, 2.75) is 64.0 Å². The average molecular weight is 308 g/mol. The Bertz CT molecular complexity index is 542. The van der Waals surface area contributed by atoms with Crippen LogP contribution in [0.4, 0.5) is 0 Å². The maximum absolute atomic E-state index is 9.33. The van der Waals surface area contributed by atoms with Crippen LogP contribution in [-0.4, -0.2) is 12.1 Å². The average Bonchev–Trinajstić information content (AvgIpc) is 2.94. The molecule has 0 aromatic carbocycles. The number of rotatable bonds is 5. The molecule has 2 aliphatic carbocycles. The van der Waals surface area contributed by atoms with E-state index in [2.05, 4.69) is 28.8 Å². The van der Waals surface area contributed by atoms with Crippen molar-refractivity contribution in [2.24, 2.45) is 29.6 Å². The van der Waals surface area contributed by atoms with E-state index in [9.17, 15) is 10.5 Å². The number of hydrogen-bond donors (Lipinski definition) is 0. The van der Waals surface area contributed by atoms with E-state index in [1.54, 1.807) is 0 Å². The molecular weight excluding hydrogens is 284 g/mol. The molecule has 0 heterocycles. The van der Waals surface area contributed by atoms with Crippen LogP contribution in [0, 0.1) is 65.4 Å². The summed E-state index contributed by atoms with van der Waals surface area (Å²) >= 11 is 0. The van der Waals surface area contributed by atoms with Crippen molar-refractivity contribution in [2.75, 3.05) is 0 Å². The van der Waals surface area contributed by atoms with E-state index in [1.165, 1.54) is 25.7 Å². The largest absolute Gasteiger partial charge is 0.310 e. The standard InChI is InChI=1S/C19H24N4/c1-4-5-6-13-7-8-14-15(9-13)17(19(12-21)23-3)10-16(14)18(11-20)22-2/h13-19H,4-10H2,1H3. The van der Waals surface area contributed by atoms with Crippen LogP contribution in [-0.2, 0) is 0 Å². The first kappa shape index (κ1) is 17.3. The third-order valence-corrected chi connectivity index (χ3v) is 6.03. The molecule has 0 bridgehead atoms. The first-order chi connectivity index (χ1) is 11.2. The van der Waals surface area contributed by atoms with Crippen molar-refractivity contribution in [1.82, 2.24) is 0 Å². The maximum atomic E-state index is 9.33. The molecule has 2 saturated carbocycles. The minimum absolute atomic E-state index is 0.0505. The summed E-state index contributed by atoms with van der Waals surface area (Å²) in [7, 11) is 0. The molecule has 0 spiro atoms. The molecule has 0 radical (unpaired) electrons. The van der Waals surface area contributed by atoms with Crippen molar-refractivity contribution in [3.63, 3.8) is 0 Å². The van der Waals surface area contributed by atoms with Crippen LogP contribution in [0.2, 0.25) is 0 Å². The van der Waals surface area contributed by atoms with Gasteiger partial charge in [0.1, 0.15) is 0 Å². The molecule has 7 atom stereocenters. The monoisotopic (exact) mass is 308 g/mol. The van der Waals surface area contributed by atoms with Gasteiger partial charge in [0.2, 0.25) is 0 Å². The molecule has 23 heavy (non-hydrogen) atoms. The van der Waals surface area contributed by atoms with E-state index in [-0.39, 0.29) is 11.8 Å². The predicted molar refractivity (Wildman–Crippen MR) is 87.4 cm³/mol. The zero-order valence-electron chi connectivity index (χ0n) is 13.8. The van der Waals surface area contributed by atoms with E-state index in [0.717, 1.165) is 12.8 Å². The maximum Gasteiger partial charge on any atom is 0.310 e. The third-order valence-electron chi connectivity index (χ3n) is 6.03. The molecule has 4 nitrogen and oxygen atoms in total. The van der Waals surface area contributed by atoms with Crippen molar-refractivity contribution in [3.8, 4) is 12.1 Å². The first-order valence-electron chi connectivity index (χ1n) is 8.72. The highest BCUT2D eigenvalue weighted by Crippen LogP contribution is 2.54. The predicted octanol–water partition coefficient (Wildman–Crippen LogP) is 4.47. The van der Waals surface area contributed by atoms with Gasteiger partial charge in [-0.15, -0.1) is 0 Å². The summed E-state index contributed by atoms with van der Waals surface area (Å²) in [4.78, 5) is 7.06. The second-order valence-corrected chi connectivity index (χ2v) is 7.12. The molecular formula is C19H24N4. The Morgan fingerprint density at radius 3 is 2.13 bits per heavy atom. The molecule has 2 aliphatic rings. The summed E-state index contributed by atoms with van der Waals surface area (Å²) in [5, 5.41) is 18.6. The van der Waals surface area contributed by atoms with Crippen molar-refractivity contribution in [3.05, 3.63) is 22.8 Å². The number of unbranched alkanes of at least 4 members (excludes halogenated alkanes) is 1. The zero-order chi connectivity index (χ0) is 16.8. The van der Waals surface area contributed by atoms with Crippen molar-refractivity contribution >= 4 is 0 Å². The van der Waals surface area contributed by atoms with Gasteiger partial charge in [0.15, 0.2) is 12.1 Å². The van der Waals surface area contributed by atoms with E-state index in [4.69, 9.17) is 13.1 Å². The lowest BCUT2D eigenvalue weighted by atomic mass is 9.68. The van der Waals surface area contributed by atoms with Crippen LogP contribution in [0.25, 0.3) is 9.69 Å². The third kappa shape index (κ3) is 3.49. The fourth-order valence-electron chi connectivity index (χ4n) is 4.93. The van der Waals surface area contributed by atoms with E-state index < -0.39 is 12.1 Å². The van der Waals surface area contributed by atoms with Crippen LogP contribution < -0.4 is 0 Å². The normalized spacial score (nSPS) is 34.9. The van der Waals surface area contributed by atoms with Gasteiger partial charge in [-0.2, -0.15) is 10.5 Å². The van der Waals surface area contributed by atoms with Crippen LogP contribution in [0.1, 0.15) is 51.9 Å². The second kappa shape index (κ2) is 7.99. The Hall–Kier alpha value is -2.04. The lowest BCUT2D eigenvalue weighted by Crippen LogP contribution is -2.31. The Kier molecular flexibility index (Phi) is 6.02. The number of fused-ring (bicyclic) bond motifs is 1. The van der Waals surface area contributed by atoms with Gasteiger partial charge in [-0.05, 0) is 37.0 Å². The summed E-state index contributed by atoms with van der Waals surface area (Å²) in [5.74, 6) is 1.50. The second-order valence-electron chi connectivity index (χ2n) is 7.12. The molecule has 120 valence electrons. The molecule has 2 fully saturated rings. The zero-order valence-corrected chi connectivity index (χ0v) is 13.8. The molecule has 0 aromatic rings. The highest BCUT2D eigenvalue weighted by atomic mass is 14.8. The van der Waals surface area contributed by atoms with Gasteiger partial charge in [-0.3, -0.25) is 9.69 Å². The SMILES string of the molecule is [C-]#[N+]C(C#N)C1CC(C(C#N)[N+]#[C-])C2CC(CCCC)CCC12. The first-order valence-corrected chi connectivity index (χ1v) is 8.72. The van der Waals surface area contributed by atoms with Gasteiger partial charge >= 0.3 is 12.1 Å². The molecule has 2 rings (SSSR count). The van der Waals surface area contributed by atoms with Crippen LogP contribution in [0.15, 0.2) is 0 Å². The van der Waals surface area contributed by atoms with E-state index in [1.807, 2.05) is 0 Å². The van der Waals surface area contributed by atoms with E-state index >= 15 is 0 Å². The van der Waals surface area contributed by atoms with Gasteiger partial charge in [0, 0.05) is 0 Å². The van der Waals surface area contributed by atoms with Crippen LogP contribution >= 0.6 is 0 Å². The quantitative estimate of drug-likeness (QED) is 0.704. The Morgan fingerprint density at radius 1 is 1.00 bits per heavy atom. The van der Waals surface area contributed by atoms with Gasteiger partial charge in [0.25, 0.3) is 0 Å². The molecule has 0 N–H and O–H groups in total. The molecule has 0 aromatic heterocycles. The van der Waals surface area contributed by atoms with Gasteiger partial charge < -0.3 is 0 Å². The van der Waals surface area contributed by atoms with Gasteiger partial charge in [-0.25, -0.2) is 13.1 Å². The lowest BCUT2D eigenvalue weighted by molar-refractivity contribution is 0.145. The fourth-order valence-corrected chi connectivity index (χ4v) is 4.93. The summed E-state index contributed by atoms with van der Waals surface area (Å²) < 4.78 is 0. The topological polar surface area (TPSA) is 56.3 Å². The number of nitrogens with zero attached hydrogens (tertiary/aromatic N) is 4. The minimum atomic E-state index is -0.609. The Labute approximate surface area is 139 Å². The highest BCUT2D eigenvalue weighted by Gasteiger charge is 2.54. The number of hydrogen-bond acceptors (Lipinski definition) is 2. The van der Waals surface area contributed by atoms with Crippen LogP contribution in [0.3, 0.4) is 0 Å². The van der Waals surface area contributed by atoms with Crippen molar-refractivity contribution < 1.29 is 0 Å². The summed E-state index contributed by atoms with van der Waals surface area (Å²) in [6, 6.07) is 3.10. The molecule has 0 saturated heterocycles. The fraction of sp³-hybridized carbons (Fsp3) is 0.789.